The molecule has 0 fully saturated rings. The van der Waals surface area contributed by atoms with Crippen LogP contribution in [0.5, 0.6) is 0 Å². The van der Waals surface area contributed by atoms with Crippen LogP contribution in [0.2, 0.25) is 26.2 Å². The van der Waals surface area contributed by atoms with Crippen molar-refractivity contribution in [3.05, 3.63) is 66.2 Å². The Labute approximate surface area is 137 Å². The van der Waals surface area contributed by atoms with Gasteiger partial charge in [-0.15, -0.1) is 0 Å². The van der Waals surface area contributed by atoms with E-state index in [0.29, 0.717) is 0 Å². The lowest BCUT2D eigenvalue weighted by molar-refractivity contribution is 0.416. The van der Waals surface area contributed by atoms with Gasteiger partial charge in [0, 0.05) is 7.11 Å². The zero-order valence-corrected chi connectivity index (χ0v) is 16.2. The molecule has 0 heterocycles. The maximum absolute atomic E-state index is 5.72. The van der Waals surface area contributed by atoms with Gasteiger partial charge in [0.1, 0.15) is 0 Å². The first-order chi connectivity index (χ1) is 10.3. The number of hydrogen-bond donors (Lipinski definition) is 0. The maximum atomic E-state index is 5.72. The predicted octanol–water partition coefficient (Wildman–Crippen LogP) is 3.77. The number of benzene rings is 2. The van der Waals surface area contributed by atoms with Crippen LogP contribution in [0.4, 0.5) is 0 Å². The van der Waals surface area contributed by atoms with Gasteiger partial charge in [0.25, 0.3) is 0 Å². The van der Waals surface area contributed by atoms with Crippen LogP contribution in [-0.2, 0) is 4.43 Å². The Morgan fingerprint density at radius 1 is 1.00 bits per heavy atom. The van der Waals surface area contributed by atoms with Gasteiger partial charge < -0.3 is 4.43 Å². The van der Waals surface area contributed by atoms with Gasteiger partial charge in [-0.25, -0.2) is 0 Å². The zero-order valence-electron chi connectivity index (χ0n) is 14.2. The fourth-order valence-electron chi connectivity index (χ4n) is 2.37. The third-order valence-electron chi connectivity index (χ3n) is 4.23. The SMILES string of the molecule is C=C(c1ccc([Si](C)C)cc1)c1cccc([Si](C)(C)OC)c1. The lowest BCUT2D eigenvalue weighted by Crippen LogP contribution is -2.43. The van der Waals surface area contributed by atoms with Crippen molar-refractivity contribution in [1.82, 2.24) is 0 Å². The van der Waals surface area contributed by atoms with Gasteiger partial charge in [-0.2, -0.15) is 0 Å². The van der Waals surface area contributed by atoms with Crippen LogP contribution in [0.25, 0.3) is 5.57 Å². The predicted molar refractivity (Wildman–Crippen MR) is 102 cm³/mol. The molecule has 0 aliphatic heterocycles. The molecule has 0 aliphatic rings. The average molecular weight is 326 g/mol. The first-order valence-corrected chi connectivity index (χ1v) is 13.0. The number of rotatable bonds is 5. The molecule has 3 heteroatoms. The third-order valence-corrected chi connectivity index (χ3v) is 8.44. The van der Waals surface area contributed by atoms with Crippen molar-refractivity contribution in [3.8, 4) is 0 Å². The summed E-state index contributed by atoms with van der Waals surface area (Å²) in [4.78, 5) is 0. The van der Waals surface area contributed by atoms with E-state index in [9.17, 15) is 0 Å². The van der Waals surface area contributed by atoms with Gasteiger partial charge in [-0.05, 0) is 35.0 Å². The molecular formula is C19H25OSi2. The maximum Gasteiger partial charge on any atom is 0.217 e. The van der Waals surface area contributed by atoms with E-state index in [2.05, 4.69) is 81.3 Å². The van der Waals surface area contributed by atoms with Crippen molar-refractivity contribution < 1.29 is 4.43 Å². The van der Waals surface area contributed by atoms with E-state index in [4.69, 9.17) is 4.43 Å². The first-order valence-electron chi connectivity index (χ1n) is 7.61. The fraction of sp³-hybridized carbons (Fsp3) is 0.263. The van der Waals surface area contributed by atoms with Crippen LogP contribution in [0, 0.1) is 0 Å². The van der Waals surface area contributed by atoms with Crippen molar-refractivity contribution in [2.75, 3.05) is 7.11 Å². The van der Waals surface area contributed by atoms with Crippen LogP contribution >= 0.6 is 0 Å². The van der Waals surface area contributed by atoms with E-state index in [1.807, 2.05) is 0 Å². The molecule has 2 aromatic rings. The van der Waals surface area contributed by atoms with E-state index in [1.165, 1.54) is 21.5 Å². The summed E-state index contributed by atoms with van der Waals surface area (Å²) in [5, 5.41) is 2.76. The minimum atomic E-state index is -1.79. The van der Waals surface area contributed by atoms with Crippen LogP contribution in [0.1, 0.15) is 11.1 Å². The van der Waals surface area contributed by atoms with Gasteiger partial charge >= 0.3 is 0 Å². The Morgan fingerprint density at radius 2 is 1.64 bits per heavy atom. The van der Waals surface area contributed by atoms with Gasteiger partial charge in [0.15, 0.2) is 0 Å². The monoisotopic (exact) mass is 325 g/mol. The summed E-state index contributed by atoms with van der Waals surface area (Å²) < 4.78 is 5.72. The summed E-state index contributed by atoms with van der Waals surface area (Å²) in [6.07, 6.45) is 0. The van der Waals surface area contributed by atoms with E-state index < -0.39 is 8.32 Å². The molecule has 0 bridgehead atoms. The molecule has 2 aromatic carbocycles. The Morgan fingerprint density at radius 3 is 2.18 bits per heavy atom. The Bertz CT molecular complexity index is 657. The fourth-order valence-corrected chi connectivity index (χ4v) is 4.44. The van der Waals surface area contributed by atoms with Crippen LogP contribution in [0.3, 0.4) is 0 Å². The molecule has 0 spiro atoms. The zero-order chi connectivity index (χ0) is 16.3. The molecule has 1 nitrogen and oxygen atoms in total. The van der Waals surface area contributed by atoms with Crippen molar-refractivity contribution in [2.45, 2.75) is 26.2 Å². The quantitative estimate of drug-likeness (QED) is 0.761. The highest BCUT2D eigenvalue weighted by molar-refractivity contribution is 6.84. The summed E-state index contributed by atoms with van der Waals surface area (Å²) in [5.41, 5.74) is 3.46. The second-order valence-corrected chi connectivity index (χ2v) is 12.9. The Balaban J connectivity index is 2.32. The summed E-state index contributed by atoms with van der Waals surface area (Å²) in [5.74, 6) is 0. The molecular weight excluding hydrogens is 300 g/mol. The highest BCUT2D eigenvalue weighted by Crippen LogP contribution is 2.21. The largest absolute Gasteiger partial charge is 0.416 e. The smallest absolute Gasteiger partial charge is 0.217 e. The molecule has 115 valence electrons. The normalized spacial score (nSPS) is 11.7. The number of hydrogen-bond acceptors (Lipinski definition) is 1. The molecule has 0 saturated carbocycles. The molecule has 22 heavy (non-hydrogen) atoms. The third kappa shape index (κ3) is 3.66. The second kappa shape index (κ2) is 6.77. The minimum Gasteiger partial charge on any atom is -0.416 e. The van der Waals surface area contributed by atoms with E-state index in [-0.39, 0.29) is 8.80 Å². The standard InChI is InChI=1S/C19H25OSi2/c1-15(16-10-12-18(13-11-16)21(3)4)17-8-7-9-19(14-17)22(5,6)20-2/h7-14H,1H2,2-6H3. The second-order valence-electron chi connectivity index (χ2n) is 6.35. The first kappa shape index (κ1) is 16.9. The van der Waals surface area contributed by atoms with Gasteiger partial charge in [-0.1, -0.05) is 73.4 Å². The lowest BCUT2D eigenvalue weighted by atomic mass is 10.00. The van der Waals surface area contributed by atoms with Gasteiger partial charge in [-0.3, -0.25) is 0 Å². The molecule has 0 aliphatic carbocycles. The summed E-state index contributed by atoms with van der Waals surface area (Å²) in [6.45, 7) is 13.4. The molecule has 0 amide bonds. The molecule has 0 atom stereocenters. The topological polar surface area (TPSA) is 9.23 Å². The molecule has 0 N–H and O–H groups in total. The van der Waals surface area contributed by atoms with Gasteiger partial charge in [0.05, 0.1) is 8.80 Å². The molecule has 2 rings (SSSR count). The summed E-state index contributed by atoms with van der Waals surface area (Å²) >= 11 is 0. The summed E-state index contributed by atoms with van der Waals surface area (Å²) in [6, 6.07) is 17.5. The van der Waals surface area contributed by atoms with E-state index >= 15 is 0 Å². The summed E-state index contributed by atoms with van der Waals surface area (Å²) in [7, 11) is -0.373. The Kier molecular flexibility index (Phi) is 5.21. The van der Waals surface area contributed by atoms with Gasteiger partial charge in [0.2, 0.25) is 8.32 Å². The van der Waals surface area contributed by atoms with Crippen molar-refractivity contribution in [1.29, 1.82) is 0 Å². The van der Waals surface area contributed by atoms with Crippen LogP contribution in [-0.4, -0.2) is 24.2 Å². The molecule has 1 radical (unpaired) electrons. The van der Waals surface area contributed by atoms with E-state index in [0.717, 1.165) is 5.57 Å². The van der Waals surface area contributed by atoms with Crippen molar-refractivity contribution in [3.63, 3.8) is 0 Å². The highest BCUT2D eigenvalue weighted by atomic mass is 28.4. The minimum absolute atomic E-state index is 0.388. The van der Waals surface area contributed by atoms with Crippen molar-refractivity contribution >= 4 is 33.1 Å². The van der Waals surface area contributed by atoms with Crippen molar-refractivity contribution in [2.24, 2.45) is 0 Å². The average Bonchev–Trinajstić information content (AvgIpc) is 2.54. The Hall–Kier alpha value is -1.43. The van der Waals surface area contributed by atoms with E-state index in [1.54, 1.807) is 7.11 Å². The molecule has 0 saturated heterocycles. The van der Waals surface area contributed by atoms with Crippen LogP contribution in [0.15, 0.2) is 55.1 Å². The van der Waals surface area contributed by atoms with Crippen LogP contribution < -0.4 is 10.4 Å². The molecule has 0 aromatic heterocycles. The molecule has 0 unspecified atom stereocenters. The lowest BCUT2D eigenvalue weighted by Gasteiger charge is -2.21. The highest BCUT2D eigenvalue weighted by Gasteiger charge is 2.23.